The van der Waals surface area contributed by atoms with Gasteiger partial charge in [-0.3, -0.25) is 14.8 Å². The van der Waals surface area contributed by atoms with E-state index in [1.807, 2.05) is 19.1 Å². The molecule has 1 heterocycles. The number of halogens is 2. The van der Waals surface area contributed by atoms with Crippen LogP contribution in [0.15, 0.2) is 39.5 Å². The van der Waals surface area contributed by atoms with Crippen molar-refractivity contribution in [1.29, 1.82) is 0 Å². The molecule has 0 aliphatic carbocycles. The van der Waals surface area contributed by atoms with Gasteiger partial charge in [-0.2, -0.15) is 0 Å². The molecule has 2 rings (SSSR count). The van der Waals surface area contributed by atoms with Crippen LogP contribution in [0.5, 0.6) is 0 Å². The molecule has 6 heteroatoms. The van der Waals surface area contributed by atoms with E-state index in [0.717, 1.165) is 20.3 Å². The Morgan fingerprint density at radius 1 is 1.26 bits per heavy atom. The number of carbonyl (C=O) groups excluding carboxylic acids is 1. The van der Waals surface area contributed by atoms with Gasteiger partial charge in [0.15, 0.2) is 0 Å². The zero-order chi connectivity index (χ0) is 13.8. The smallest absolute Gasteiger partial charge is 0.252 e. The summed E-state index contributed by atoms with van der Waals surface area (Å²) in [7, 11) is 0. The zero-order valence-corrected chi connectivity index (χ0v) is 13.3. The van der Waals surface area contributed by atoms with Gasteiger partial charge in [0.2, 0.25) is 0 Å². The van der Waals surface area contributed by atoms with Crippen molar-refractivity contribution in [1.82, 2.24) is 15.3 Å². The Morgan fingerprint density at radius 3 is 2.74 bits per heavy atom. The molecule has 0 aliphatic heterocycles. The van der Waals surface area contributed by atoms with E-state index in [0.29, 0.717) is 12.1 Å². The maximum Gasteiger partial charge on any atom is 0.252 e. The first-order valence-electron chi connectivity index (χ1n) is 5.57. The number of benzene rings is 1. The first kappa shape index (κ1) is 14.1. The summed E-state index contributed by atoms with van der Waals surface area (Å²) < 4.78 is 1.61. The van der Waals surface area contributed by atoms with Crippen LogP contribution in [0.25, 0.3) is 0 Å². The third-order valence-electron chi connectivity index (χ3n) is 2.44. The number of amides is 1. The van der Waals surface area contributed by atoms with E-state index in [1.54, 1.807) is 18.5 Å². The molecule has 1 amide bonds. The first-order valence-corrected chi connectivity index (χ1v) is 7.15. The molecule has 0 aliphatic rings. The second kappa shape index (κ2) is 6.25. The van der Waals surface area contributed by atoms with E-state index in [9.17, 15) is 4.79 Å². The maximum absolute atomic E-state index is 12.0. The minimum atomic E-state index is -0.157. The molecular formula is C13H11Br2N3O. The number of aromatic nitrogens is 2. The normalized spacial score (nSPS) is 10.3. The molecule has 0 saturated carbocycles. The second-order valence-electron chi connectivity index (χ2n) is 3.96. The average Bonchev–Trinajstić information content (AvgIpc) is 2.40. The Kier molecular flexibility index (Phi) is 4.66. The minimum Gasteiger partial charge on any atom is -0.346 e. The number of rotatable bonds is 3. The molecule has 98 valence electrons. The van der Waals surface area contributed by atoms with Gasteiger partial charge in [-0.1, -0.05) is 15.9 Å². The van der Waals surface area contributed by atoms with Crippen LogP contribution >= 0.6 is 31.9 Å². The second-order valence-corrected chi connectivity index (χ2v) is 5.73. The molecule has 1 aromatic carbocycles. The van der Waals surface area contributed by atoms with Crippen LogP contribution in [-0.2, 0) is 6.54 Å². The van der Waals surface area contributed by atoms with Crippen LogP contribution in [-0.4, -0.2) is 15.9 Å². The third-order valence-corrected chi connectivity index (χ3v) is 3.62. The predicted octanol–water partition coefficient (Wildman–Crippen LogP) is 3.24. The number of hydrogen-bond donors (Lipinski definition) is 1. The number of nitrogens with zero attached hydrogens (tertiary/aromatic N) is 2. The summed E-state index contributed by atoms with van der Waals surface area (Å²) in [6, 6.07) is 5.46. The van der Waals surface area contributed by atoms with Crippen molar-refractivity contribution in [2.24, 2.45) is 0 Å². The van der Waals surface area contributed by atoms with Gasteiger partial charge in [-0.05, 0) is 41.1 Å². The summed E-state index contributed by atoms with van der Waals surface area (Å²) in [5.41, 5.74) is 2.16. The van der Waals surface area contributed by atoms with E-state index in [1.165, 1.54) is 0 Å². The van der Waals surface area contributed by atoms with Gasteiger partial charge in [-0.15, -0.1) is 0 Å². The monoisotopic (exact) mass is 383 g/mol. The molecule has 0 bridgehead atoms. The van der Waals surface area contributed by atoms with E-state index >= 15 is 0 Å². The summed E-state index contributed by atoms with van der Waals surface area (Å²) in [6.07, 6.45) is 3.34. The highest BCUT2D eigenvalue weighted by Gasteiger charge is 2.10. The molecule has 0 spiro atoms. The van der Waals surface area contributed by atoms with Crippen molar-refractivity contribution in [3.8, 4) is 0 Å². The predicted molar refractivity (Wildman–Crippen MR) is 79.8 cm³/mol. The van der Waals surface area contributed by atoms with Gasteiger partial charge < -0.3 is 5.32 Å². The molecule has 4 nitrogen and oxygen atoms in total. The lowest BCUT2D eigenvalue weighted by molar-refractivity contribution is 0.0949. The summed E-state index contributed by atoms with van der Waals surface area (Å²) >= 11 is 6.70. The van der Waals surface area contributed by atoms with E-state index in [-0.39, 0.29) is 5.91 Å². The molecule has 0 saturated heterocycles. The van der Waals surface area contributed by atoms with Gasteiger partial charge in [0.1, 0.15) is 0 Å². The lowest BCUT2D eigenvalue weighted by atomic mass is 10.2. The Balaban J connectivity index is 2.05. The number of carbonyl (C=O) groups is 1. The highest BCUT2D eigenvalue weighted by Crippen LogP contribution is 2.21. The van der Waals surface area contributed by atoms with Crippen molar-refractivity contribution >= 4 is 37.8 Å². The van der Waals surface area contributed by atoms with Gasteiger partial charge in [0, 0.05) is 15.1 Å². The molecule has 19 heavy (non-hydrogen) atoms. The van der Waals surface area contributed by atoms with Crippen LogP contribution in [0.2, 0.25) is 0 Å². The van der Waals surface area contributed by atoms with Crippen LogP contribution in [0.4, 0.5) is 0 Å². The van der Waals surface area contributed by atoms with E-state index < -0.39 is 0 Å². The quantitative estimate of drug-likeness (QED) is 0.883. The van der Waals surface area contributed by atoms with Crippen LogP contribution in [0.3, 0.4) is 0 Å². The largest absolute Gasteiger partial charge is 0.346 e. The Morgan fingerprint density at radius 2 is 2.05 bits per heavy atom. The average molecular weight is 385 g/mol. The van der Waals surface area contributed by atoms with E-state index in [4.69, 9.17) is 0 Å². The van der Waals surface area contributed by atoms with Crippen molar-refractivity contribution < 1.29 is 4.79 Å². The number of aryl methyl sites for hydroxylation is 1. The van der Waals surface area contributed by atoms with Gasteiger partial charge in [0.05, 0.1) is 29.7 Å². The van der Waals surface area contributed by atoms with E-state index in [2.05, 4.69) is 47.1 Å². The van der Waals surface area contributed by atoms with Crippen LogP contribution in [0, 0.1) is 6.92 Å². The standard InChI is InChI=1S/C13H11Br2N3O/c1-8-5-17-10(6-16-8)7-18-13(19)11-4-9(14)2-3-12(11)15/h2-6H,7H2,1H3,(H,18,19). The molecule has 0 radical (unpaired) electrons. The maximum atomic E-state index is 12.0. The fraction of sp³-hybridized carbons (Fsp3) is 0.154. The summed E-state index contributed by atoms with van der Waals surface area (Å²) in [5.74, 6) is -0.157. The van der Waals surface area contributed by atoms with Crippen molar-refractivity contribution in [2.75, 3.05) is 0 Å². The number of hydrogen-bond acceptors (Lipinski definition) is 3. The molecule has 0 unspecified atom stereocenters. The fourth-order valence-electron chi connectivity index (χ4n) is 1.45. The molecular weight excluding hydrogens is 374 g/mol. The Hall–Kier alpha value is -1.27. The molecule has 1 aromatic heterocycles. The summed E-state index contributed by atoms with van der Waals surface area (Å²) in [4.78, 5) is 20.4. The van der Waals surface area contributed by atoms with Gasteiger partial charge in [0.25, 0.3) is 5.91 Å². The molecule has 0 fully saturated rings. The summed E-state index contributed by atoms with van der Waals surface area (Å²) in [5, 5.41) is 2.81. The SMILES string of the molecule is Cc1cnc(CNC(=O)c2cc(Br)ccc2Br)cn1. The molecule has 2 aromatic rings. The van der Waals surface area contributed by atoms with Crippen LogP contribution < -0.4 is 5.32 Å². The van der Waals surface area contributed by atoms with Crippen molar-refractivity contribution in [2.45, 2.75) is 13.5 Å². The van der Waals surface area contributed by atoms with Gasteiger partial charge >= 0.3 is 0 Å². The lowest BCUT2D eigenvalue weighted by Gasteiger charge is -2.07. The minimum absolute atomic E-state index is 0.157. The Labute approximate surface area is 127 Å². The highest BCUT2D eigenvalue weighted by molar-refractivity contribution is 9.11. The third kappa shape index (κ3) is 3.84. The fourth-order valence-corrected chi connectivity index (χ4v) is 2.24. The highest BCUT2D eigenvalue weighted by atomic mass is 79.9. The first-order chi connectivity index (χ1) is 9.06. The number of nitrogens with one attached hydrogen (secondary N) is 1. The lowest BCUT2D eigenvalue weighted by Crippen LogP contribution is -2.23. The summed E-state index contributed by atoms with van der Waals surface area (Å²) in [6.45, 7) is 2.22. The Bertz CT molecular complexity index is 599. The van der Waals surface area contributed by atoms with Crippen LogP contribution in [0.1, 0.15) is 21.7 Å². The molecule has 1 N–H and O–H groups in total. The van der Waals surface area contributed by atoms with Crippen molar-refractivity contribution in [3.63, 3.8) is 0 Å². The van der Waals surface area contributed by atoms with Gasteiger partial charge in [-0.25, -0.2) is 0 Å². The topological polar surface area (TPSA) is 54.9 Å². The molecule has 0 atom stereocenters. The van der Waals surface area contributed by atoms with Crippen molar-refractivity contribution in [3.05, 3.63) is 56.5 Å². The zero-order valence-electron chi connectivity index (χ0n) is 10.2.